The molecule has 0 aromatic carbocycles. The average molecular weight is 440 g/mol. The Bertz CT molecular complexity index is 1080. The molecule has 0 bridgehead atoms. The average Bonchev–Trinajstić information content (AvgIpc) is 3.40. The number of nitrogens with one attached hydrogen (secondary N) is 2. The highest BCUT2D eigenvalue weighted by Gasteiger charge is 2.18. The molecule has 2 N–H and O–H groups in total. The van der Waals surface area contributed by atoms with Crippen molar-refractivity contribution < 1.29 is 23.3 Å². The Morgan fingerprint density at radius 1 is 1.22 bits per heavy atom. The zero-order valence-corrected chi connectivity index (χ0v) is 17.9. The van der Waals surface area contributed by atoms with Gasteiger partial charge in [0, 0.05) is 31.4 Å². The number of nitrogens with zero attached hydrogens (tertiary/aromatic N) is 4. The molecule has 11 heteroatoms. The van der Waals surface area contributed by atoms with E-state index in [2.05, 4.69) is 30.7 Å². The SMILES string of the molecule is Cc1noc(C)c1CC(=O)Nc1nc(C(=O)NCc2ccnc(N3CCOCC3)c2)co1. The van der Waals surface area contributed by atoms with Crippen LogP contribution in [-0.4, -0.2) is 53.2 Å². The van der Waals surface area contributed by atoms with Gasteiger partial charge in [0.2, 0.25) is 5.91 Å². The van der Waals surface area contributed by atoms with Gasteiger partial charge in [0.25, 0.3) is 5.91 Å². The Morgan fingerprint density at radius 3 is 2.78 bits per heavy atom. The van der Waals surface area contributed by atoms with Crippen molar-refractivity contribution >= 4 is 23.6 Å². The first-order chi connectivity index (χ1) is 15.5. The number of morpholine rings is 1. The topological polar surface area (TPSA) is 136 Å². The third kappa shape index (κ3) is 5.11. The zero-order valence-electron chi connectivity index (χ0n) is 17.9. The Morgan fingerprint density at radius 2 is 2.03 bits per heavy atom. The Labute approximate surface area is 184 Å². The number of hydrogen-bond donors (Lipinski definition) is 2. The van der Waals surface area contributed by atoms with E-state index < -0.39 is 5.91 Å². The van der Waals surface area contributed by atoms with Crippen LogP contribution in [0.2, 0.25) is 0 Å². The number of aromatic nitrogens is 3. The van der Waals surface area contributed by atoms with Crippen LogP contribution in [0.4, 0.5) is 11.8 Å². The summed E-state index contributed by atoms with van der Waals surface area (Å²) in [5.41, 5.74) is 2.34. The molecule has 0 spiro atoms. The van der Waals surface area contributed by atoms with Gasteiger partial charge < -0.3 is 23.9 Å². The van der Waals surface area contributed by atoms with E-state index in [9.17, 15) is 9.59 Å². The second kappa shape index (κ2) is 9.60. The van der Waals surface area contributed by atoms with Crippen molar-refractivity contribution in [3.05, 3.63) is 52.9 Å². The lowest BCUT2D eigenvalue weighted by Crippen LogP contribution is -2.36. The van der Waals surface area contributed by atoms with Gasteiger partial charge in [-0.2, -0.15) is 4.98 Å². The van der Waals surface area contributed by atoms with Crippen LogP contribution in [0.3, 0.4) is 0 Å². The predicted molar refractivity (Wildman–Crippen MR) is 113 cm³/mol. The van der Waals surface area contributed by atoms with Crippen LogP contribution in [0, 0.1) is 13.8 Å². The lowest BCUT2D eigenvalue weighted by Gasteiger charge is -2.28. The highest BCUT2D eigenvalue weighted by atomic mass is 16.5. The van der Waals surface area contributed by atoms with Gasteiger partial charge in [-0.25, -0.2) is 4.98 Å². The molecule has 1 saturated heterocycles. The normalized spacial score (nSPS) is 13.8. The summed E-state index contributed by atoms with van der Waals surface area (Å²) in [5.74, 6) is 0.674. The molecule has 0 aliphatic carbocycles. The van der Waals surface area contributed by atoms with Gasteiger partial charge >= 0.3 is 6.01 Å². The van der Waals surface area contributed by atoms with E-state index in [-0.39, 0.29) is 24.0 Å². The largest absolute Gasteiger partial charge is 0.431 e. The molecule has 2 amide bonds. The highest BCUT2D eigenvalue weighted by molar-refractivity contribution is 5.94. The summed E-state index contributed by atoms with van der Waals surface area (Å²) in [6.07, 6.45) is 2.99. The van der Waals surface area contributed by atoms with Crippen LogP contribution >= 0.6 is 0 Å². The molecule has 1 fully saturated rings. The summed E-state index contributed by atoms with van der Waals surface area (Å²) < 4.78 is 15.6. The lowest BCUT2D eigenvalue weighted by molar-refractivity contribution is -0.115. The molecule has 0 radical (unpaired) electrons. The molecule has 11 nitrogen and oxygen atoms in total. The van der Waals surface area contributed by atoms with Crippen LogP contribution in [0.25, 0.3) is 0 Å². The van der Waals surface area contributed by atoms with E-state index in [1.165, 1.54) is 6.26 Å². The molecule has 1 aliphatic rings. The van der Waals surface area contributed by atoms with Crippen molar-refractivity contribution in [2.45, 2.75) is 26.8 Å². The minimum atomic E-state index is -0.412. The molecule has 3 aromatic rings. The van der Waals surface area contributed by atoms with Crippen molar-refractivity contribution in [2.75, 3.05) is 36.5 Å². The van der Waals surface area contributed by atoms with E-state index in [1.807, 2.05) is 12.1 Å². The third-order valence-corrected chi connectivity index (χ3v) is 5.10. The van der Waals surface area contributed by atoms with E-state index in [1.54, 1.807) is 20.0 Å². The van der Waals surface area contributed by atoms with Gasteiger partial charge in [-0.1, -0.05) is 5.16 Å². The standard InChI is InChI=1S/C21H24N6O5/c1-13-16(14(2)32-26-13)10-19(28)25-21-24-17(12-31-21)20(29)23-11-15-3-4-22-18(9-15)27-5-7-30-8-6-27/h3-4,9,12H,5-8,10-11H2,1-2H3,(H,23,29)(H,24,25,28). The van der Waals surface area contributed by atoms with Gasteiger partial charge in [-0.3, -0.25) is 14.9 Å². The quantitative estimate of drug-likeness (QED) is 0.562. The number of anilines is 2. The van der Waals surface area contributed by atoms with Crippen molar-refractivity contribution in [1.82, 2.24) is 20.4 Å². The lowest BCUT2D eigenvalue weighted by atomic mass is 10.1. The molecule has 1 aliphatic heterocycles. The summed E-state index contributed by atoms with van der Waals surface area (Å²) in [5, 5.41) is 9.16. The number of carbonyl (C=O) groups is 2. The van der Waals surface area contributed by atoms with Gasteiger partial charge in [0.15, 0.2) is 5.69 Å². The number of aryl methyl sites for hydroxylation is 2. The minimum absolute atomic E-state index is 0.0505. The number of carbonyl (C=O) groups excluding carboxylic acids is 2. The molecule has 0 unspecified atom stereocenters. The molecule has 0 saturated carbocycles. The number of rotatable bonds is 7. The van der Waals surface area contributed by atoms with Gasteiger partial charge in [0.05, 0.1) is 25.3 Å². The fraction of sp³-hybridized carbons (Fsp3) is 0.381. The first-order valence-corrected chi connectivity index (χ1v) is 10.2. The zero-order chi connectivity index (χ0) is 22.5. The number of hydrogen-bond acceptors (Lipinski definition) is 9. The third-order valence-electron chi connectivity index (χ3n) is 5.10. The van der Waals surface area contributed by atoms with Crippen LogP contribution in [0.1, 0.15) is 33.1 Å². The first-order valence-electron chi connectivity index (χ1n) is 10.2. The second-order valence-corrected chi connectivity index (χ2v) is 7.37. The maximum absolute atomic E-state index is 12.4. The number of ether oxygens (including phenoxy) is 1. The summed E-state index contributed by atoms with van der Waals surface area (Å²) in [6.45, 7) is 6.72. The van der Waals surface area contributed by atoms with Crippen molar-refractivity contribution in [2.24, 2.45) is 0 Å². The first kappa shape index (κ1) is 21.5. The number of pyridine rings is 1. The van der Waals surface area contributed by atoms with Crippen LogP contribution in [0.5, 0.6) is 0 Å². The van der Waals surface area contributed by atoms with E-state index in [0.717, 1.165) is 24.5 Å². The maximum Gasteiger partial charge on any atom is 0.302 e. The Kier molecular flexibility index (Phi) is 6.45. The Balaban J connectivity index is 1.31. The van der Waals surface area contributed by atoms with Crippen molar-refractivity contribution in [3.8, 4) is 0 Å². The summed E-state index contributed by atoms with van der Waals surface area (Å²) >= 11 is 0. The van der Waals surface area contributed by atoms with Gasteiger partial charge in [-0.15, -0.1) is 0 Å². The second-order valence-electron chi connectivity index (χ2n) is 7.37. The predicted octanol–water partition coefficient (Wildman–Crippen LogP) is 1.62. The smallest absolute Gasteiger partial charge is 0.302 e. The molecular formula is C21H24N6O5. The maximum atomic E-state index is 12.4. The van der Waals surface area contributed by atoms with Crippen LogP contribution < -0.4 is 15.5 Å². The fourth-order valence-corrected chi connectivity index (χ4v) is 3.32. The minimum Gasteiger partial charge on any atom is -0.431 e. The van der Waals surface area contributed by atoms with Gasteiger partial charge in [0.1, 0.15) is 17.8 Å². The molecule has 168 valence electrons. The summed E-state index contributed by atoms with van der Waals surface area (Å²) in [7, 11) is 0. The van der Waals surface area contributed by atoms with E-state index in [0.29, 0.717) is 36.8 Å². The molecule has 0 atom stereocenters. The molecule has 32 heavy (non-hydrogen) atoms. The van der Waals surface area contributed by atoms with Crippen LogP contribution in [-0.2, 0) is 22.5 Å². The fourth-order valence-electron chi connectivity index (χ4n) is 3.32. The van der Waals surface area contributed by atoms with E-state index in [4.69, 9.17) is 13.7 Å². The van der Waals surface area contributed by atoms with Gasteiger partial charge in [-0.05, 0) is 31.5 Å². The van der Waals surface area contributed by atoms with E-state index >= 15 is 0 Å². The molecular weight excluding hydrogens is 416 g/mol. The number of oxazole rings is 1. The molecule has 4 rings (SSSR count). The molecule has 3 aromatic heterocycles. The monoisotopic (exact) mass is 440 g/mol. The highest BCUT2D eigenvalue weighted by Crippen LogP contribution is 2.16. The molecule has 4 heterocycles. The Hall–Kier alpha value is -3.73. The van der Waals surface area contributed by atoms with Crippen molar-refractivity contribution in [3.63, 3.8) is 0 Å². The van der Waals surface area contributed by atoms with Crippen LogP contribution in [0.15, 0.2) is 33.5 Å². The van der Waals surface area contributed by atoms with Crippen molar-refractivity contribution in [1.29, 1.82) is 0 Å². The summed E-state index contributed by atoms with van der Waals surface area (Å²) in [4.78, 5) is 35.3. The number of amides is 2. The summed E-state index contributed by atoms with van der Waals surface area (Å²) in [6, 6.07) is 3.73.